The van der Waals surface area contributed by atoms with Crippen LogP contribution in [-0.2, 0) is 14.4 Å². The molecule has 0 amide bonds. The van der Waals surface area contributed by atoms with E-state index in [-0.39, 0.29) is 23.3 Å². The maximum atomic E-state index is 10.1. The summed E-state index contributed by atoms with van der Waals surface area (Å²) in [5, 5.41) is 0. The number of rotatable bonds is 2. The van der Waals surface area contributed by atoms with Gasteiger partial charge in [-0.2, -0.15) is 0 Å². The summed E-state index contributed by atoms with van der Waals surface area (Å²) >= 11 is 0. The largest absolute Gasteiger partial charge is 0.300 e. The van der Waals surface area contributed by atoms with Gasteiger partial charge in [-0.3, -0.25) is 4.79 Å². The summed E-state index contributed by atoms with van der Waals surface area (Å²) in [6.45, 7) is 11.9. The first-order valence-corrected chi connectivity index (χ1v) is 5.12. The van der Waals surface area contributed by atoms with Gasteiger partial charge in [0.05, 0.1) is 0 Å². The van der Waals surface area contributed by atoms with E-state index in [0.29, 0.717) is 6.42 Å². The zero-order valence-corrected chi connectivity index (χ0v) is 11.0. The quantitative estimate of drug-likeness (QED) is 0.713. The Hall–Kier alpha value is -0.990. The highest BCUT2D eigenvalue weighted by atomic mass is 16.1. The molecule has 0 unspecified atom stereocenters. The molecule has 0 saturated heterocycles. The second-order valence-electron chi connectivity index (χ2n) is 3.73. The van der Waals surface area contributed by atoms with Gasteiger partial charge < -0.3 is 9.59 Å². The molecule has 0 fully saturated rings. The van der Waals surface area contributed by atoms with Gasteiger partial charge in [0, 0.05) is 12.3 Å². The van der Waals surface area contributed by atoms with Crippen molar-refractivity contribution in [3.63, 3.8) is 0 Å². The molecule has 0 heterocycles. The number of hydrogen-bond donors (Lipinski definition) is 0. The molecule has 0 bridgehead atoms. The van der Waals surface area contributed by atoms with Gasteiger partial charge in [-0.05, 0) is 27.7 Å². The highest BCUT2D eigenvalue weighted by Gasteiger charge is 1.95. The summed E-state index contributed by atoms with van der Waals surface area (Å²) in [5.74, 6) is 0.894. The van der Waals surface area contributed by atoms with Gasteiger partial charge in [-0.15, -0.1) is 0 Å². The van der Waals surface area contributed by atoms with Gasteiger partial charge in [0.2, 0.25) is 0 Å². The maximum absolute atomic E-state index is 10.1. The average Bonchev–Trinajstić information content (AvgIpc) is 2.04. The Balaban J connectivity index is -0.000000147. The van der Waals surface area contributed by atoms with E-state index in [9.17, 15) is 14.4 Å². The van der Waals surface area contributed by atoms with Crippen molar-refractivity contribution in [3.8, 4) is 0 Å². The van der Waals surface area contributed by atoms with Crippen molar-refractivity contribution >= 4 is 17.3 Å². The third-order valence-corrected chi connectivity index (χ3v) is 1.31. The second kappa shape index (κ2) is 13.0. The van der Waals surface area contributed by atoms with Gasteiger partial charge >= 0.3 is 0 Å². The molecule has 0 aliphatic heterocycles. The molecule has 0 aliphatic carbocycles. The molecular weight excluding hydrogens is 192 g/mol. The predicted molar refractivity (Wildman–Crippen MR) is 62.8 cm³/mol. The molecule has 3 nitrogen and oxygen atoms in total. The topological polar surface area (TPSA) is 51.2 Å². The molecule has 0 spiro atoms. The Morgan fingerprint density at radius 3 is 1.07 bits per heavy atom. The van der Waals surface area contributed by atoms with Crippen LogP contribution in [-0.4, -0.2) is 17.3 Å². The van der Waals surface area contributed by atoms with Crippen LogP contribution >= 0.6 is 0 Å². The minimum Gasteiger partial charge on any atom is -0.300 e. The smallest absolute Gasteiger partial charge is 0.132 e. The fraction of sp³-hybridized carbons (Fsp3) is 0.750. The highest BCUT2D eigenvalue weighted by molar-refractivity contribution is 5.77. The van der Waals surface area contributed by atoms with Crippen LogP contribution < -0.4 is 0 Å². The van der Waals surface area contributed by atoms with Crippen LogP contribution in [0, 0.1) is 5.92 Å². The minimum absolute atomic E-state index is 0.167. The van der Waals surface area contributed by atoms with Crippen molar-refractivity contribution in [1.29, 1.82) is 0 Å². The molecule has 15 heavy (non-hydrogen) atoms. The summed E-state index contributed by atoms with van der Waals surface area (Å²) < 4.78 is 0. The van der Waals surface area contributed by atoms with E-state index in [4.69, 9.17) is 0 Å². The van der Waals surface area contributed by atoms with Crippen LogP contribution in [0.3, 0.4) is 0 Å². The standard InChI is InChI=1S/C5H10O.C4H8O.C3H6O/c1-4(2)5(3)6;1-3-4(2)5;1-3(2)4/h4H,1-3H3;3H2,1-2H3;1-2H3. The van der Waals surface area contributed by atoms with E-state index in [1.54, 1.807) is 13.8 Å². The Morgan fingerprint density at radius 1 is 0.933 bits per heavy atom. The molecule has 0 N–H and O–H groups in total. The van der Waals surface area contributed by atoms with E-state index in [1.807, 2.05) is 20.8 Å². The lowest BCUT2D eigenvalue weighted by atomic mass is 10.1. The Labute approximate surface area is 93.2 Å². The zero-order valence-electron chi connectivity index (χ0n) is 11.0. The maximum Gasteiger partial charge on any atom is 0.132 e. The van der Waals surface area contributed by atoms with Crippen molar-refractivity contribution in [2.24, 2.45) is 5.92 Å². The number of carbonyl (C=O) groups is 3. The van der Waals surface area contributed by atoms with Gasteiger partial charge in [0.15, 0.2) is 0 Å². The molecule has 0 saturated carbocycles. The van der Waals surface area contributed by atoms with Gasteiger partial charge in [0.1, 0.15) is 17.3 Å². The lowest BCUT2D eigenvalue weighted by Crippen LogP contribution is -1.98. The second-order valence-corrected chi connectivity index (χ2v) is 3.73. The van der Waals surface area contributed by atoms with Crippen LogP contribution in [0.15, 0.2) is 0 Å². The molecule has 0 aromatic heterocycles. The first-order chi connectivity index (χ1) is 6.64. The van der Waals surface area contributed by atoms with E-state index >= 15 is 0 Å². The average molecular weight is 216 g/mol. The van der Waals surface area contributed by atoms with E-state index < -0.39 is 0 Å². The molecule has 0 aliphatic rings. The Morgan fingerprint density at radius 2 is 1.07 bits per heavy atom. The first kappa shape index (κ1) is 19.6. The van der Waals surface area contributed by atoms with Gasteiger partial charge in [0.25, 0.3) is 0 Å². The van der Waals surface area contributed by atoms with Crippen molar-refractivity contribution in [2.45, 2.75) is 54.9 Å². The molecule has 90 valence electrons. The lowest BCUT2D eigenvalue weighted by molar-refractivity contribution is -0.120. The molecule has 0 aromatic carbocycles. The van der Waals surface area contributed by atoms with Crippen molar-refractivity contribution < 1.29 is 14.4 Å². The van der Waals surface area contributed by atoms with Crippen LogP contribution in [0.5, 0.6) is 0 Å². The Kier molecular flexibility index (Phi) is 17.0. The third-order valence-electron chi connectivity index (χ3n) is 1.31. The third kappa shape index (κ3) is 62.8. The molecular formula is C12H24O3. The van der Waals surface area contributed by atoms with E-state index in [1.165, 1.54) is 13.8 Å². The first-order valence-electron chi connectivity index (χ1n) is 5.12. The summed E-state index contributed by atoms with van der Waals surface area (Å²) in [4.78, 5) is 29.4. The fourth-order valence-electron chi connectivity index (χ4n) is 0. The van der Waals surface area contributed by atoms with E-state index in [0.717, 1.165) is 0 Å². The van der Waals surface area contributed by atoms with E-state index in [2.05, 4.69) is 0 Å². The van der Waals surface area contributed by atoms with Gasteiger partial charge in [-0.25, -0.2) is 0 Å². The highest BCUT2D eigenvalue weighted by Crippen LogP contribution is 1.89. The van der Waals surface area contributed by atoms with Gasteiger partial charge in [-0.1, -0.05) is 20.8 Å². The summed E-state index contributed by atoms with van der Waals surface area (Å²) in [6.07, 6.45) is 0.667. The SMILES string of the molecule is CC(=O)C(C)C.CC(C)=O.CCC(C)=O. The normalized spacial score (nSPS) is 8.00. The Bertz CT molecular complexity index is 189. The van der Waals surface area contributed by atoms with Crippen LogP contribution in [0.25, 0.3) is 0 Å². The molecule has 0 rings (SSSR count). The number of ketones is 3. The molecule has 0 atom stereocenters. The van der Waals surface area contributed by atoms with Crippen LogP contribution in [0.1, 0.15) is 54.9 Å². The zero-order chi connectivity index (χ0) is 13.0. The predicted octanol–water partition coefficient (Wildman–Crippen LogP) is 2.81. The number of carbonyl (C=O) groups excluding carboxylic acids is 3. The summed E-state index contributed by atoms with van der Waals surface area (Å²) in [7, 11) is 0. The molecule has 3 heteroatoms. The lowest BCUT2D eigenvalue weighted by Gasteiger charge is -1.90. The number of Topliss-reactive ketones (excluding diaryl/α,β-unsaturated/α-hetero) is 3. The summed E-state index contributed by atoms with van der Waals surface area (Å²) in [6, 6.07) is 0. The van der Waals surface area contributed by atoms with Crippen molar-refractivity contribution in [3.05, 3.63) is 0 Å². The number of hydrogen-bond acceptors (Lipinski definition) is 3. The van der Waals surface area contributed by atoms with Crippen molar-refractivity contribution in [2.75, 3.05) is 0 Å². The molecule has 0 aromatic rings. The van der Waals surface area contributed by atoms with Crippen LogP contribution in [0.4, 0.5) is 0 Å². The van der Waals surface area contributed by atoms with Crippen molar-refractivity contribution in [1.82, 2.24) is 0 Å². The minimum atomic E-state index is 0.167. The molecule has 0 radical (unpaired) electrons. The monoisotopic (exact) mass is 216 g/mol. The van der Waals surface area contributed by atoms with Crippen LogP contribution in [0.2, 0.25) is 0 Å². The summed E-state index contributed by atoms with van der Waals surface area (Å²) in [5.41, 5.74) is 0. The fourth-order valence-corrected chi connectivity index (χ4v) is 0.